The van der Waals surface area contributed by atoms with Crippen molar-refractivity contribution < 1.29 is 23.0 Å². The second kappa shape index (κ2) is 4.69. The summed E-state index contributed by atoms with van der Waals surface area (Å²) in [5, 5.41) is -0.154. The second-order valence-electron chi connectivity index (χ2n) is 4.30. The number of carbonyl (C=O) groups is 1. The van der Waals surface area contributed by atoms with Crippen molar-refractivity contribution in [1.29, 1.82) is 0 Å². The summed E-state index contributed by atoms with van der Waals surface area (Å²) in [7, 11) is 0. The van der Waals surface area contributed by atoms with Crippen molar-refractivity contribution in [2.75, 3.05) is 6.61 Å². The number of hydrogen-bond acceptors (Lipinski definition) is 4. The van der Waals surface area contributed by atoms with E-state index in [0.717, 1.165) is 12.3 Å². The molecule has 7 heteroatoms. The minimum Gasteiger partial charge on any atom is -0.462 e. The minimum absolute atomic E-state index is 0.0643. The van der Waals surface area contributed by atoms with E-state index in [0.29, 0.717) is 0 Å². The fourth-order valence-electron chi connectivity index (χ4n) is 2.17. The van der Waals surface area contributed by atoms with Crippen LogP contribution in [0.2, 0.25) is 0 Å². The van der Waals surface area contributed by atoms with Crippen molar-refractivity contribution in [3.05, 3.63) is 45.9 Å². The summed E-state index contributed by atoms with van der Waals surface area (Å²) >= 11 is 0. The van der Waals surface area contributed by atoms with Gasteiger partial charge in [0.2, 0.25) is 11.2 Å². The van der Waals surface area contributed by atoms with E-state index in [1.807, 2.05) is 0 Å². The predicted octanol–water partition coefficient (Wildman–Crippen LogP) is 2.28. The SMILES string of the molecule is CCOC(=O)c1cn2c3c(c(F)c(F)cc3c1=O)OC=C2. The van der Waals surface area contributed by atoms with Gasteiger partial charge in [-0.05, 0) is 13.0 Å². The number of esters is 1. The number of benzene rings is 1. The topological polar surface area (TPSA) is 57.5 Å². The maximum atomic E-state index is 13.7. The second-order valence-corrected chi connectivity index (χ2v) is 4.30. The van der Waals surface area contributed by atoms with Gasteiger partial charge >= 0.3 is 5.97 Å². The molecular formula is C14H9F2NO4. The Morgan fingerprint density at radius 2 is 2.19 bits per heavy atom. The van der Waals surface area contributed by atoms with E-state index < -0.39 is 23.0 Å². The summed E-state index contributed by atoms with van der Waals surface area (Å²) in [6.45, 7) is 1.69. The van der Waals surface area contributed by atoms with Crippen LogP contribution in [0, 0.1) is 11.6 Å². The molecule has 1 aromatic heterocycles. The van der Waals surface area contributed by atoms with Gasteiger partial charge in [-0.2, -0.15) is 4.39 Å². The van der Waals surface area contributed by atoms with E-state index in [1.165, 1.54) is 17.0 Å². The fraction of sp³-hybridized carbons (Fsp3) is 0.143. The molecule has 0 radical (unpaired) electrons. The van der Waals surface area contributed by atoms with Crippen LogP contribution in [0.15, 0.2) is 23.3 Å². The van der Waals surface area contributed by atoms with Crippen LogP contribution in [0.3, 0.4) is 0 Å². The number of hydrogen-bond donors (Lipinski definition) is 0. The van der Waals surface area contributed by atoms with Crippen LogP contribution in [-0.2, 0) is 4.74 Å². The van der Waals surface area contributed by atoms with Crippen LogP contribution in [-0.4, -0.2) is 17.1 Å². The molecule has 0 fully saturated rings. The molecule has 1 aromatic carbocycles. The van der Waals surface area contributed by atoms with Crippen molar-refractivity contribution >= 4 is 23.1 Å². The van der Waals surface area contributed by atoms with Crippen LogP contribution < -0.4 is 10.2 Å². The molecule has 0 bridgehead atoms. The smallest absolute Gasteiger partial charge is 0.343 e. The number of pyridine rings is 1. The highest BCUT2D eigenvalue weighted by Crippen LogP contribution is 2.32. The Labute approximate surface area is 117 Å². The molecule has 0 spiro atoms. The average Bonchev–Trinajstić information content (AvgIpc) is 2.47. The lowest BCUT2D eigenvalue weighted by Crippen LogP contribution is -2.21. The Balaban J connectivity index is 2.41. The zero-order chi connectivity index (χ0) is 15.1. The van der Waals surface area contributed by atoms with Gasteiger partial charge in [0, 0.05) is 12.4 Å². The average molecular weight is 293 g/mol. The molecule has 0 N–H and O–H groups in total. The van der Waals surface area contributed by atoms with Crippen LogP contribution in [0.4, 0.5) is 8.78 Å². The third-order valence-corrected chi connectivity index (χ3v) is 3.07. The van der Waals surface area contributed by atoms with Crippen molar-refractivity contribution in [2.45, 2.75) is 6.92 Å². The first-order chi connectivity index (χ1) is 10.0. The Morgan fingerprint density at radius 3 is 2.90 bits per heavy atom. The lowest BCUT2D eigenvalue weighted by molar-refractivity contribution is 0.0524. The van der Waals surface area contributed by atoms with Crippen molar-refractivity contribution in [3.8, 4) is 5.75 Å². The van der Waals surface area contributed by atoms with Crippen molar-refractivity contribution in [3.63, 3.8) is 0 Å². The normalized spacial score (nSPS) is 12.3. The molecular weight excluding hydrogens is 284 g/mol. The third kappa shape index (κ3) is 1.89. The van der Waals surface area contributed by atoms with Gasteiger partial charge in [0.05, 0.1) is 12.0 Å². The van der Waals surface area contributed by atoms with Crippen molar-refractivity contribution in [1.82, 2.24) is 4.57 Å². The summed E-state index contributed by atoms with van der Waals surface area (Å²) < 4.78 is 38.3. The largest absolute Gasteiger partial charge is 0.462 e. The number of rotatable bonds is 2. The highest BCUT2D eigenvalue weighted by atomic mass is 19.2. The molecule has 0 amide bonds. The van der Waals surface area contributed by atoms with Crippen LogP contribution in [0.5, 0.6) is 5.75 Å². The van der Waals surface area contributed by atoms with Gasteiger partial charge in [-0.3, -0.25) is 4.79 Å². The summed E-state index contributed by atoms with van der Waals surface area (Å²) in [5.41, 5.74) is -0.930. The highest BCUT2D eigenvalue weighted by Gasteiger charge is 2.24. The monoisotopic (exact) mass is 293 g/mol. The quantitative estimate of drug-likeness (QED) is 0.797. The Bertz CT molecular complexity index is 854. The number of aromatic nitrogens is 1. The Hall–Kier alpha value is -2.70. The lowest BCUT2D eigenvalue weighted by atomic mass is 10.1. The first-order valence-corrected chi connectivity index (χ1v) is 6.12. The van der Waals surface area contributed by atoms with Crippen molar-refractivity contribution in [2.24, 2.45) is 0 Å². The molecule has 1 aliphatic rings. The van der Waals surface area contributed by atoms with Crippen LogP contribution >= 0.6 is 0 Å². The predicted molar refractivity (Wildman–Crippen MR) is 70.0 cm³/mol. The van der Waals surface area contributed by atoms with E-state index in [-0.39, 0.29) is 28.8 Å². The number of carbonyl (C=O) groups excluding carboxylic acids is 1. The number of halogens is 2. The fourth-order valence-corrected chi connectivity index (χ4v) is 2.17. The van der Waals surface area contributed by atoms with E-state index >= 15 is 0 Å². The molecule has 2 aromatic rings. The molecule has 1 aliphatic heterocycles. The summed E-state index contributed by atoms with van der Waals surface area (Å²) in [6.07, 6.45) is 3.72. The molecule has 0 aliphatic carbocycles. The minimum atomic E-state index is -1.22. The molecule has 108 valence electrons. The zero-order valence-corrected chi connectivity index (χ0v) is 10.9. The molecule has 0 atom stereocenters. The van der Waals surface area contributed by atoms with Gasteiger partial charge in [-0.25, -0.2) is 9.18 Å². The first kappa shape index (κ1) is 13.3. The number of nitrogens with zero attached hydrogens (tertiary/aromatic N) is 1. The van der Waals surface area contributed by atoms with Gasteiger partial charge in [0.1, 0.15) is 17.3 Å². The molecule has 0 unspecified atom stereocenters. The molecule has 21 heavy (non-hydrogen) atoms. The van der Waals surface area contributed by atoms with Gasteiger partial charge in [-0.1, -0.05) is 0 Å². The number of ether oxygens (including phenoxy) is 2. The summed E-state index contributed by atoms with van der Waals surface area (Å²) in [4.78, 5) is 24.0. The van der Waals surface area contributed by atoms with Gasteiger partial charge in [-0.15, -0.1) is 0 Å². The molecule has 0 saturated heterocycles. The van der Waals surface area contributed by atoms with E-state index in [2.05, 4.69) is 0 Å². The molecule has 2 heterocycles. The van der Waals surface area contributed by atoms with Crippen LogP contribution in [0.1, 0.15) is 17.3 Å². The Morgan fingerprint density at radius 1 is 1.43 bits per heavy atom. The molecule has 3 rings (SSSR count). The maximum absolute atomic E-state index is 13.7. The lowest BCUT2D eigenvalue weighted by Gasteiger charge is -2.17. The first-order valence-electron chi connectivity index (χ1n) is 6.12. The van der Waals surface area contributed by atoms with Gasteiger partial charge in [0.25, 0.3) is 0 Å². The highest BCUT2D eigenvalue weighted by molar-refractivity contribution is 5.96. The van der Waals surface area contributed by atoms with E-state index in [9.17, 15) is 18.4 Å². The van der Waals surface area contributed by atoms with Crippen LogP contribution in [0.25, 0.3) is 17.1 Å². The van der Waals surface area contributed by atoms with Gasteiger partial charge < -0.3 is 14.0 Å². The van der Waals surface area contributed by atoms with E-state index in [4.69, 9.17) is 9.47 Å². The van der Waals surface area contributed by atoms with Gasteiger partial charge in [0.15, 0.2) is 11.6 Å². The van der Waals surface area contributed by atoms with E-state index in [1.54, 1.807) is 6.92 Å². The molecule has 5 nitrogen and oxygen atoms in total. The molecule has 0 saturated carbocycles. The zero-order valence-electron chi connectivity index (χ0n) is 10.9. The summed E-state index contributed by atoms with van der Waals surface area (Å²) in [5.74, 6) is -3.62. The summed E-state index contributed by atoms with van der Waals surface area (Å²) in [6, 6.07) is 0.748. The third-order valence-electron chi connectivity index (χ3n) is 3.07. The maximum Gasteiger partial charge on any atom is 0.343 e. The standard InChI is InChI=1S/C14H9F2NO4/c1-2-20-14(19)8-6-17-3-4-21-13-10(16)9(15)5-7(11(13)17)12(8)18/h3-6H,2H2,1H3. The Kier molecular flexibility index (Phi) is 2.97.